The molecular formula is C13H30N2. The molecule has 0 bridgehead atoms. The molecule has 92 valence electrons. The van der Waals surface area contributed by atoms with Gasteiger partial charge in [-0.15, -0.1) is 0 Å². The van der Waals surface area contributed by atoms with Crippen LogP contribution in [0.2, 0.25) is 0 Å². The quantitative estimate of drug-likeness (QED) is 0.607. The molecule has 0 rings (SSSR count). The standard InChI is InChI=1S/C13H30N2/c1-6-12(7-2)11-14-9-8-10-15-13(3,4)5/h12,14-15H,6-11H2,1-5H3. The van der Waals surface area contributed by atoms with E-state index in [4.69, 9.17) is 0 Å². The molecule has 2 heteroatoms. The highest BCUT2D eigenvalue weighted by atomic mass is 14.9. The van der Waals surface area contributed by atoms with Crippen molar-refractivity contribution in [1.82, 2.24) is 10.6 Å². The topological polar surface area (TPSA) is 24.1 Å². The molecule has 2 nitrogen and oxygen atoms in total. The molecule has 0 aromatic rings. The summed E-state index contributed by atoms with van der Waals surface area (Å²) in [5.74, 6) is 0.862. The highest BCUT2D eigenvalue weighted by Gasteiger charge is 2.07. The average molecular weight is 214 g/mol. The zero-order chi connectivity index (χ0) is 11.7. The lowest BCUT2D eigenvalue weighted by molar-refractivity contribution is 0.407. The molecule has 0 aliphatic heterocycles. The fourth-order valence-corrected chi connectivity index (χ4v) is 1.56. The third-order valence-electron chi connectivity index (χ3n) is 2.77. The molecule has 0 aliphatic rings. The summed E-state index contributed by atoms with van der Waals surface area (Å²) in [6.07, 6.45) is 3.81. The summed E-state index contributed by atoms with van der Waals surface area (Å²) < 4.78 is 0. The van der Waals surface area contributed by atoms with Gasteiger partial charge in [0.25, 0.3) is 0 Å². The Labute approximate surface area is 96.2 Å². The van der Waals surface area contributed by atoms with Gasteiger partial charge in [0, 0.05) is 5.54 Å². The molecule has 0 aromatic heterocycles. The van der Waals surface area contributed by atoms with Crippen molar-refractivity contribution in [3.05, 3.63) is 0 Å². The van der Waals surface area contributed by atoms with Crippen molar-refractivity contribution in [2.75, 3.05) is 19.6 Å². The van der Waals surface area contributed by atoms with E-state index in [2.05, 4.69) is 45.3 Å². The van der Waals surface area contributed by atoms with Crippen molar-refractivity contribution in [3.63, 3.8) is 0 Å². The van der Waals surface area contributed by atoms with Gasteiger partial charge in [-0.3, -0.25) is 0 Å². The first-order chi connectivity index (χ1) is 6.99. The Morgan fingerprint density at radius 1 is 1.00 bits per heavy atom. The summed E-state index contributed by atoms with van der Waals surface area (Å²) in [6.45, 7) is 14.6. The largest absolute Gasteiger partial charge is 0.316 e. The van der Waals surface area contributed by atoms with Crippen LogP contribution < -0.4 is 10.6 Å². The van der Waals surface area contributed by atoms with Crippen molar-refractivity contribution in [1.29, 1.82) is 0 Å². The Morgan fingerprint density at radius 3 is 2.07 bits per heavy atom. The molecule has 0 radical (unpaired) electrons. The molecule has 0 aromatic carbocycles. The summed E-state index contributed by atoms with van der Waals surface area (Å²) in [6, 6.07) is 0. The Balaban J connectivity index is 3.25. The molecule has 0 atom stereocenters. The molecule has 0 aliphatic carbocycles. The van der Waals surface area contributed by atoms with E-state index >= 15 is 0 Å². The van der Waals surface area contributed by atoms with Gasteiger partial charge in [-0.25, -0.2) is 0 Å². The summed E-state index contributed by atoms with van der Waals surface area (Å²) >= 11 is 0. The lowest BCUT2D eigenvalue weighted by atomic mass is 10.0. The summed E-state index contributed by atoms with van der Waals surface area (Å²) in [7, 11) is 0. The van der Waals surface area contributed by atoms with Crippen LogP contribution in [0.1, 0.15) is 53.9 Å². The summed E-state index contributed by atoms with van der Waals surface area (Å²) in [5, 5.41) is 7.03. The van der Waals surface area contributed by atoms with E-state index in [1.807, 2.05) is 0 Å². The van der Waals surface area contributed by atoms with Crippen LogP contribution in [-0.2, 0) is 0 Å². The normalized spacial score (nSPS) is 12.4. The van der Waals surface area contributed by atoms with E-state index < -0.39 is 0 Å². The second kappa shape index (κ2) is 8.12. The number of nitrogens with one attached hydrogen (secondary N) is 2. The van der Waals surface area contributed by atoms with E-state index in [9.17, 15) is 0 Å². The molecule has 0 spiro atoms. The maximum Gasteiger partial charge on any atom is 0.00965 e. The lowest BCUT2D eigenvalue weighted by Gasteiger charge is -2.20. The molecule has 0 saturated carbocycles. The minimum absolute atomic E-state index is 0.259. The highest BCUT2D eigenvalue weighted by Crippen LogP contribution is 2.04. The highest BCUT2D eigenvalue weighted by molar-refractivity contribution is 4.70. The Kier molecular flexibility index (Phi) is 8.07. The molecule has 0 heterocycles. The molecule has 0 fully saturated rings. The van der Waals surface area contributed by atoms with Gasteiger partial charge in [0.05, 0.1) is 0 Å². The van der Waals surface area contributed by atoms with Crippen molar-refractivity contribution in [2.24, 2.45) is 5.92 Å². The first-order valence-corrected chi connectivity index (χ1v) is 6.45. The zero-order valence-electron chi connectivity index (χ0n) is 11.3. The third kappa shape index (κ3) is 10.2. The van der Waals surface area contributed by atoms with Crippen LogP contribution in [0.15, 0.2) is 0 Å². The predicted molar refractivity (Wildman–Crippen MR) is 69.3 cm³/mol. The average Bonchev–Trinajstić information content (AvgIpc) is 2.15. The molecule has 0 saturated heterocycles. The maximum atomic E-state index is 3.53. The zero-order valence-corrected chi connectivity index (χ0v) is 11.3. The molecule has 15 heavy (non-hydrogen) atoms. The van der Waals surface area contributed by atoms with Crippen LogP contribution in [0.5, 0.6) is 0 Å². The van der Waals surface area contributed by atoms with Crippen molar-refractivity contribution < 1.29 is 0 Å². The van der Waals surface area contributed by atoms with E-state index in [-0.39, 0.29) is 5.54 Å². The van der Waals surface area contributed by atoms with Gasteiger partial charge in [-0.05, 0) is 52.7 Å². The van der Waals surface area contributed by atoms with Gasteiger partial charge in [0.1, 0.15) is 0 Å². The van der Waals surface area contributed by atoms with Gasteiger partial charge in [-0.2, -0.15) is 0 Å². The first-order valence-electron chi connectivity index (χ1n) is 6.45. The minimum Gasteiger partial charge on any atom is -0.316 e. The van der Waals surface area contributed by atoms with Gasteiger partial charge in [-0.1, -0.05) is 26.7 Å². The Morgan fingerprint density at radius 2 is 1.60 bits per heavy atom. The maximum absolute atomic E-state index is 3.53. The number of rotatable bonds is 8. The van der Waals surface area contributed by atoms with Crippen molar-refractivity contribution in [3.8, 4) is 0 Å². The molecule has 2 N–H and O–H groups in total. The van der Waals surface area contributed by atoms with Crippen LogP contribution in [0.4, 0.5) is 0 Å². The second-order valence-corrected chi connectivity index (χ2v) is 5.42. The summed E-state index contributed by atoms with van der Waals surface area (Å²) in [5.41, 5.74) is 0.259. The second-order valence-electron chi connectivity index (χ2n) is 5.42. The fraction of sp³-hybridized carbons (Fsp3) is 1.00. The molecular weight excluding hydrogens is 184 g/mol. The lowest BCUT2D eigenvalue weighted by Crippen LogP contribution is -2.37. The predicted octanol–water partition coefficient (Wildman–Crippen LogP) is 2.79. The van der Waals surface area contributed by atoms with Gasteiger partial charge in [0.2, 0.25) is 0 Å². The minimum atomic E-state index is 0.259. The van der Waals surface area contributed by atoms with Crippen LogP contribution >= 0.6 is 0 Å². The van der Waals surface area contributed by atoms with Crippen LogP contribution in [0.3, 0.4) is 0 Å². The van der Waals surface area contributed by atoms with Crippen LogP contribution in [0.25, 0.3) is 0 Å². The van der Waals surface area contributed by atoms with E-state index in [0.29, 0.717) is 0 Å². The SMILES string of the molecule is CCC(CC)CNCCCNC(C)(C)C. The number of hydrogen-bond acceptors (Lipinski definition) is 2. The van der Waals surface area contributed by atoms with Crippen molar-refractivity contribution in [2.45, 2.75) is 59.4 Å². The van der Waals surface area contributed by atoms with Gasteiger partial charge >= 0.3 is 0 Å². The van der Waals surface area contributed by atoms with E-state index in [1.165, 1.54) is 25.8 Å². The Hall–Kier alpha value is -0.0800. The van der Waals surface area contributed by atoms with Gasteiger partial charge < -0.3 is 10.6 Å². The third-order valence-corrected chi connectivity index (χ3v) is 2.77. The smallest absolute Gasteiger partial charge is 0.00965 e. The monoisotopic (exact) mass is 214 g/mol. The summed E-state index contributed by atoms with van der Waals surface area (Å²) in [4.78, 5) is 0. The van der Waals surface area contributed by atoms with Gasteiger partial charge in [0.15, 0.2) is 0 Å². The fourth-order valence-electron chi connectivity index (χ4n) is 1.56. The van der Waals surface area contributed by atoms with E-state index in [1.54, 1.807) is 0 Å². The molecule has 0 unspecified atom stereocenters. The van der Waals surface area contributed by atoms with E-state index in [0.717, 1.165) is 19.0 Å². The van der Waals surface area contributed by atoms with Crippen LogP contribution in [-0.4, -0.2) is 25.2 Å². The van der Waals surface area contributed by atoms with Crippen LogP contribution in [0, 0.1) is 5.92 Å². The van der Waals surface area contributed by atoms with Crippen molar-refractivity contribution >= 4 is 0 Å². The number of hydrogen-bond donors (Lipinski definition) is 2. The molecule has 0 amide bonds. The Bertz CT molecular complexity index is 134. The first kappa shape index (κ1) is 14.9.